The van der Waals surface area contributed by atoms with Crippen molar-refractivity contribution in [3.05, 3.63) is 58.9 Å². The van der Waals surface area contributed by atoms with Crippen LogP contribution in [0, 0.1) is 11.3 Å². The van der Waals surface area contributed by atoms with E-state index in [1.54, 1.807) is 0 Å². The summed E-state index contributed by atoms with van der Waals surface area (Å²) in [6, 6.07) is 12.4. The molecule has 1 aliphatic rings. The van der Waals surface area contributed by atoms with Crippen LogP contribution in [0.25, 0.3) is 0 Å². The van der Waals surface area contributed by atoms with Gasteiger partial charge in [-0.1, -0.05) is 46.8 Å². The van der Waals surface area contributed by atoms with Gasteiger partial charge in [0.05, 0.1) is 13.2 Å². The fourth-order valence-corrected chi connectivity index (χ4v) is 4.03. The number of aromatic nitrogens is 1. The van der Waals surface area contributed by atoms with Crippen LogP contribution in [-0.2, 0) is 35.3 Å². The first kappa shape index (κ1) is 25.2. The number of aryl methyl sites for hydroxylation is 1. The molecule has 0 unspecified atom stereocenters. The van der Waals surface area contributed by atoms with Crippen LogP contribution in [0.3, 0.4) is 0 Å². The second-order valence-electron chi connectivity index (χ2n) is 10.3. The molecule has 1 atom stereocenters. The maximum atomic E-state index is 12.9. The van der Waals surface area contributed by atoms with Gasteiger partial charge in [0.2, 0.25) is 5.91 Å². The Morgan fingerprint density at radius 1 is 1.06 bits per heavy atom. The van der Waals surface area contributed by atoms with E-state index < -0.39 is 0 Å². The van der Waals surface area contributed by atoms with Crippen LogP contribution < -0.4 is 4.74 Å². The lowest BCUT2D eigenvalue weighted by molar-refractivity contribution is -0.136. The Kier molecular flexibility index (Phi) is 8.90. The lowest BCUT2D eigenvalue weighted by Crippen LogP contribution is -2.36. The number of carbonyl (C=O) groups is 1. The van der Waals surface area contributed by atoms with E-state index >= 15 is 0 Å². The summed E-state index contributed by atoms with van der Waals surface area (Å²) in [5.74, 6) is 1.03. The zero-order chi connectivity index (χ0) is 23.8. The summed E-state index contributed by atoms with van der Waals surface area (Å²) in [5.41, 5.74) is 4.83. The molecule has 1 aromatic carbocycles. The van der Waals surface area contributed by atoms with Crippen molar-refractivity contribution in [2.24, 2.45) is 11.3 Å². The van der Waals surface area contributed by atoms with Gasteiger partial charge < -0.3 is 14.4 Å². The number of nitrogens with zero attached hydrogens (tertiary/aromatic N) is 2. The van der Waals surface area contributed by atoms with Crippen molar-refractivity contribution in [1.82, 2.24) is 9.88 Å². The SMILES string of the molecule is CCc1cccc(CCOc2ccc3c(c2)CN(CCOCCC(C)(C)C)C(=O)[C@H](C)C3)n1. The summed E-state index contributed by atoms with van der Waals surface area (Å²) in [6.45, 7) is 13.9. The van der Waals surface area contributed by atoms with Crippen LogP contribution in [0.5, 0.6) is 5.75 Å². The highest BCUT2D eigenvalue weighted by atomic mass is 16.5. The van der Waals surface area contributed by atoms with Crippen LogP contribution in [0.15, 0.2) is 36.4 Å². The van der Waals surface area contributed by atoms with Crippen LogP contribution in [-0.4, -0.2) is 42.2 Å². The summed E-state index contributed by atoms with van der Waals surface area (Å²) in [6.07, 6.45) is 3.50. The highest BCUT2D eigenvalue weighted by Crippen LogP contribution is 2.27. The molecule has 1 aromatic heterocycles. The molecule has 0 bridgehead atoms. The van der Waals surface area contributed by atoms with Crippen molar-refractivity contribution in [2.75, 3.05) is 26.4 Å². The van der Waals surface area contributed by atoms with E-state index in [9.17, 15) is 4.79 Å². The molecule has 2 heterocycles. The van der Waals surface area contributed by atoms with Crippen molar-refractivity contribution in [1.29, 1.82) is 0 Å². The number of ether oxygens (including phenoxy) is 2. The maximum Gasteiger partial charge on any atom is 0.226 e. The molecular weight excluding hydrogens is 412 g/mol. The lowest BCUT2D eigenvalue weighted by atomic mass is 9.93. The highest BCUT2D eigenvalue weighted by molar-refractivity contribution is 5.79. The van der Waals surface area contributed by atoms with E-state index in [4.69, 9.17) is 9.47 Å². The van der Waals surface area contributed by atoms with Crippen molar-refractivity contribution in [3.63, 3.8) is 0 Å². The van der Waals surface area contributed by atoms with Gasteiger partial charge in [-0.25, -0.2) is 0 Å². The molecule has 3 rings (SSSR count). The Labute approximate surface area is 199 Å². The summed E-state index contributed by atoms with van der Waals surface area (Å²) >= 11 is 0. The number of rotatable bonds is 10. The second-order valence-corrected chi connectivity index (χ2v) is 10.3. The molecule has 0 fully saturated rings. The van der Waals surface area contributed by atoms with Gasteiger partial charge in [-0.2, -0.15) is 0 Å². The van der Waals surface area contributed by atoms with E-state index in [0.717, 1.165) is 49.4 Å². The van der Waals surface area contributed by atoms with E-state index in [-0.39, 0.29) is 17.2 Å². The molecule has 0 saturated carbocycles. The van der Waals surface area contributed by atoms with E-state index in [1.807, 2.05) is 24.0 Å². The average molecular weight is 453 g/mol. The van der Waals surface area contributed by atoms with Gasteiger partial charge in [-0.15, -0.1) is 0 Å². The molecule has 180 valence electrons. The number of benzene rings is 1. The lowest BCUT2D eigenvalue weighted by Gasteiger charge is -2.24. The molecule has 5 heteroatoms. The van der Waals surface area contributed by atoms with Gasteiger partial charge in [-0.05, 0) is 60.1 Å². The summed E-state index contributed by atoms with van der Waals surface area (Å²) in [5, 5.41) is 0. The van der Waals surface area contributed by atoms with Gasteiger partial charge in [0, 0.05) is 43.4 Å². The number of amides is 1. The first-order valence-electron chi connectivity index (χ1n) is 12.3. The van der Waals surface area contributed by atoms with Gasteiger partial charge in [0.25, 0.3) is 0 Å². The Morgan fingerprint density at radius 2 is 1.85 bits per heavy atom. The summed E-state index contributed by atoms with van der Waals surface area (Å²) in [7, 11) is 0. The fourth-order valence-electron chi connectivity index (χ4n) is 4.03. The molecule has 0 radical (unpaired) electrons. The molecule has 2 aromatic rings. The minimum atomic E-state index is -0.0236. The van der Waals surface area contributed by atoms with E-state index in [2.05, 4.69) is 56.9 Å². The predicted molar refractivity (Wildman–Crippen MR) is 132 cm³/mol. The molecule has 0 spiro atoms. The standard InChI is InChI=1S/C28H40N2O3/c1-6-24-8-7-9-25(29-24)12-15-33-26-11-10-22-18-21(2)27(31)30(20-23(22)19-26)14-17-32-16-13-28(3,4)5/h7-11,19,21H,6,12-18,20H2,1-5H3/t21-/m1/s1. The molecule has 0 aliphatic carbocycles. The van der Waals surface area contributed by atoms with E-state index in [1.165, 1.54) is 11.1 Å². The first-order chi connectivity index (χ1) is 15.7. The van der Waals surface area contributed by atoms with Crippen molar-refractivity contribution >= 4 is 5.91 Å². The summed E-state index contributed by atoms with van der Waals surface area (Å²) in [4.78, 5) is 19.5. The van der Waals surface area contributed by atoms with Gasteiger partial charge in [-0.3, -0.25) is 9.78 Å². The Morgan fingerprint density at radius 3 is 2.61 bits per heavy atom. The third-order valence-corrected chi connectivity index (χ3v) is 6.15. The predicted octanol–water partition coefficient (Wildman–Crippen LogP) is 5.24. The molecule has 0 N–H and O–H groups in total. The zero-order valence-corrected chi connectivity index (χ0v) is 21.0. The average Bonchev–Trinajstić information content (AvgIpc) is 2.89. The van der Waals surface area contributed by atoms with Crippen molar-refractivity contribution in [3.8, 4) is 5.75 Å². The zero-order valence-electron chi connectivity index (χ0n) is 21.0. The Bertz CT molecular complexity index is 920. The number of pyridine rings is 1. The quantitative estimate of drug-likeness (QED) is 0.463. The fraction of sp³-hybridized carbons (Fsp3) is 0.571. The van der Waals surface area contributed by atoms with Crippen LogP contribution >= 0.6 is 0 Å². The molecule has 33 heavy (non-hydrogen) atoms. The minimum Gasteiger partial charge on any atom is -0.493 e. The Hall–Kier alpha value is -2.40. The minimum absolute atomic E-state index is 0.0236. The third kappa shape index (κ3) is 7.85. The highest BCUT2D eigenvalue weighted by Gasteiger charge is 2.26. The molecular formula is C28H40N2O3. The second kappa shape index (κ2) is 11.6. The first-order valence-corrected chi connectivity index (χ1v) is 12.3. The molecule has 5 nitrogen and oxygen atoms in total. The van der Waals surface area contributed by atoms with Gasteiger partial charge >= 0.3 is 0 Å². The normalized spacial score (nSPS) is 16.5. The number of fused-ring (bicyclic) bond motifs is 1. The molecule has 1 amide bonds. The Balaban J connectivity index is 1.57. The van der Waals surface area contributed by atoms with Crippen molar-refractivity contribution in [2.45, 2.75) is 66.8 Å². The number of hydrogen-bond acceptors (Lipinski definition) is 4. The van der Waals surface area contributed by atoms with Crippen LogP contribution in [0.4, 0.5) is 0 Å². The maximum absolute atomic E-state index is 12.9. The third-order valence-electron chi connectivity index (χ3n) is 6.15. The topological polar surface area (TPSA) is 51.7 Å². The smallest absolute Gasteiger partial charge is 0.226 e. The van der Waals surface area contributed by atoms with E-state index in [0.29, 0.717) is 26.3 Å². The van der Waals surface area contributed by atoms with Crippen LogP contribution in [0.1, 0.15) is 63.6 Å². The molecule has 1 aliphatic heterocycles. The van der Waals surface area contributed by atoms with Crippen molar-refractivity contribution < 1.29 is 14.3 Å². The molecule has 0 saturated heterocycles. The van der Waals surface area contributed by atoms with Gasteiger partial charge in [0.15, 0.2) is 0 Å². The number of hydrogen-bond donors (Lipinski definition) is 0. The van der Waals surface area contributed by atoms with Crippen LogP contribution in [0.2, 0.25) is 0 Å². The number of carbonyl (C=O) groups excluding carboxylic acids is 1. The summed E-state index contributed by atoms with van der Waals surface area (Å²) < 4.78 is 11.9. The monoisotopic (exact) mass is 452 g/mol. The van der Waals surface area contributed by atoms with Gasteiger partial charge in [0.1, 0.15) is 5.75 Å². The largest absolute Gasteiger partial charge is 0.493 e.